The molecular formula is C13H24N2O3. The second kappa shape index (κ2) is 7.24. The van der Waals surface area contributed by atoms with Crippen molar-refractivity contribution in [2.24, 2.45) is 11.8 Å². The lowest BCUT2D eigenvalue weighted by atomic mass is 10.1. The summed E-state index contributed by atoms with van der Waals surface area (Å²) in [6.07, 6.45) is 4.73. The number of carbonyl (C=O) groups is 2. The van der Waals surface area contributed by atoms with Crippen LogP contribution in [0.15, 0.2) is 0 Å². The normalized spacial score (nSPS) is 23.2. The van der Waals surface area contributed by atoms with Gasteiger partial charge in [-0.1, -0.05) is 20.3 Å². The maximum absolute atomic E-state index is 11.5. The summed E-state index contributed by atoms with van der Waals surface area (Å²) in [5, 5.41) is 14.4. The molecule has 0 aromatic heterocycles. The van der Waals surface area contributed by atoms with Crippen molar-refractivity contribution in [3.8, 4) is 0 Å². The highest BCUT2D eigenvalue weighted by Gasteiger charge is 2.36. The molecule has 0 bridgehead atoms. The second-order valence-corrected chi connectivity index (χ2v) is 5.17. The first-order valence-corrected chi connectivity index (χ1v) is 6.81. The van der Waals surface area contributed by atoms with Gasteiger partial charge in [0.25, 0.3) is 0 Å². The molecule has 3 unspecified atom stereocenters. The number of urea groups is 1. The molecule has 18 heavy (non-hydrogen) atoms. The Hall–Kier alpha value is -1.26. The Morgan fingerprint density at radius 2 is 2.17 bits per heavy atom. The monoisotopic (exact) mass is 256 g/mol. The van der Waals surface area contributed by atoms with E-state index >= 15 is 0 Å². The first-order valence-electron chi connectivity index (χ1n) is 6.81. The summed E-state index contributed by atoms with van der Waals surface area (Å²) >= 11 is 0. The van der Waals surface area contributed by atoms with Crippen molar-refractivity contribution in [1.29, 1.82) is 0 Å². The minimum absolute atomic E-state index is 0.124. The van der Waals surface area contributed by atoms with Crippen molar-refractivity contribution in [2.45, 2.75) is 52.0 Å². The fraction of sp³-hybridized carbons (Fsp3) is 0.846. The number of rotatable bonds is 8. The average molecular weight is 256 g/mol. The molecule has 2 amide bonds. The Bertz CT molecular complexity index is 294. The van der Waals surface area contributed by atoms with Crippen molar-refractivity contribution < 1.29 is 14.7 Å². The van der Waals surface area contributed by atoms with Crippen LogP contribution in [0.2, 0.25) is 0 Å². The largest absolute Gasteiger partial charge is 0.481 e. The summed E-state index contributed by atoms with van der Waals surface area (Å²) in [5.74, 6) is -0.458. The van der Waals surface area contributed by atoms with E-state index in [0.29, 0.717) is 31.3 Å². The number of carboxylic acid groups (broad SMARTS) is 1. The predicted molar refractivity (Wildman–Crippen MR) is 69.4 cm³/mol. The summed E-state index contributed by atoms with van der Waals surface area (Å²) in [5.41, 5.74) is 0. The van der Waals surface area contributed by atoms with Crippen LogP contribution in [0.3, 0.4) is 0 Å². The molecule has 1 aliphatic rings. The lowest BCUT2D eigenvalue weighted by molar-refractivity contribution is -0.141. The van der Waals surface area contributed by atoms with Crippen molar-refractivity contribution >= 4 is 12.0 Å². The maximum atomic E-state index is 11.5. The zero-order chi connectivity index (χ0) is 13.5. The predicted octanol–water partition coefficient (Wildman–Crippen LogP) is 1.98. The standard InChI is InChI=1S/C13H24N2O3/c1-3-5-10-8-11(10)15-13(18)14-7-4-6-9(2)12(16)17/h9-11H,3-8H2,1-2H3,(H,16,17)(H2,14,15,18). The van der Waals surface area contributed by atoms with Crippen molar-refractivity contribution in [3.63, 3.8) is 0 Å². The van der Waals surface area contributed by atoms with Gasteiger partial charge in [0.1, 0.15) is 0 Å². The van der Waals surface area contributed by atoms with Gasteiger partial charge in [0.05, 0.1) is 5.92 Å². The molecule has 0 aliphatic heterocycles. The Labute approximate surface area is 108 Å². The minimum Gasteiger partial charge on any atom is -0.481 e. The number of aliphatic carboxylic acids is 1. The van der Waals surface area contributed by atoms with Gasteiger partial charge in [0, 0.05) is 12.6 Å². The zero-order valence-corrected chi connectivity index (χ0v) is 11.2. The zero-order valence-electron chi connectivity index (χ0n) is 11.2. The van der Waals surface area contributed by atoms with Crippen molar-refractivity contribution in [3.05, 3.63) is 0 Å². The molecule has 0 aromatic carbocycles. The molecule has 5 nitrogen and oxygen atoms in total. The van der Waals surface area contributed by atoms with E-state index < -0.39 is 5.97 Å². The van der Waals surface area contributed by atoms with E-state index in [1.165, 1.54) is 6.42 Å². The van der Waals surface area contributed by atoms with E-state index in [0.717, 1.165) is 12.8 Å². The maximum Gasteiger partial charge on any atom is 0.315 e. The summed E-state index contributed by atoms with van der Waals surface area (Å²) < 4.78 is 0. The SMILES string of the molecule is CCCC1CC1NC(=O)NCCCC(C)C(=O)O. The molecule has 104 valence electrons. The first kappa shape index (κ1) is 14.8. The molecule has 5 heteroatoms. The summed E-state index contributed by atoms with van der Waals surface area (Å²) in [7, 11) is 0. The van der Waals surface area contributed by atoms with Gasteiger partial charge in [-0.25, -0.2) is 4.79 Å². The smallest absolute Gasteiger partial charge is 0.315 e. The summed E-state index contributed by atoms with van der Waals surface area (Å²) in [6, 6.07) is 0.226. The quantitative estimate of drug-likeness (QED) is 0.581. The lowest BCUT2D eigenvalue weighted by Gasteiger charge is -2.08. The van der Waals surface area contributed by atoms with Crippen LogP contribution in [-0.2, 0) is 4.79 Å². The summed E-state index contributed by atoms with van der Waals surface area (Å²) in [4.78, 5) is 22.1. The van der Waals surface area contributed by atoms with E-state index in [1.807, 2.05) is 0 Å². The molecule has 0 spiro atoms. The minimum atomic E-state index is -0.778. The molecular weight excluding hydrogens is 232 g/mol. The Kier molecular flexibility index (Phi) is 5.95. The van der Waals surface area contributed by atoms with Crippen LogP contribution < -0.4 is 10.6 Å². The third kappa shape index (κ3) is 5.38. The number of carboxylic acids is 1. The van der Waals surface area contributed by atoms with Gasteiger partial charge in [-0.3, -0.25) is 4.79 Å². The Morgan fingerprint density at radius 1 is 1.44 bits per heavy atom. The van der Waals surface area contributed by atoms with Gasteiger partial charge in [-0.05, 0) is 31.6 Å². The van der Waals surface area contributed by atoms with E-state index in [2.05, 4.69) is 17.6 Å². The molecule has 1 rings (SSSR count). The number of hydrogen-bond donors (Lipinski definition) is 3. The fourth-order valence-corrected chi connectivity index (χ4v) is 2.07. The molecule has 0 saturated heterocycles. The van der Waals surface area contributed by atoms with Crippen LogP contribution in [0.1, 0.15) is 46.0 Å². The fourth-order valence-electron chi connectivity index (χ4n) is 2.07. The number of carbonyl (C=O) groups excluding carboxylic acids is 1. The highest BCUT2D eigenvalue weighted by molar-refractivity contribution is 5.74. The molecule has 1 fully saturated rings. The van der Waals surface area contributed by atoms with Crippen LogP contribution in [0, 0.1) is 11.8 Å². The topological polar surface area (TPSA) is 78.4 Å². The number of amides is 2. The van der Waals surface area contributed by atoms with Gasteiger partial charge in [0.2, 0.25) is 0 Å². The molecule has 1 aliphatic carbocycles. The lowest BCUT2D eigenvalue weighted by Crippen LogP contribution is -2.38. The van der Waals surface area contributed by atoms with Crippen LogP contribution in [-0.4, -0.2) is 29.7 Å². The Balaban J connectivity index is 1.99. The van der Waals surface area contributed by atoms with Gasteiger partial charge in [0.15, 0.2) is 0 Å². The summed E-state index contributed by atoms with van der Waals surface area (Å²) in [6.45, 7) is 4.37. The molecule has 3 N–H and O–H groups in total. The molecule has 0 radical (unpaired) electrons. The Morgan fingerprint density at radius 3 is 2.78 bits per heavy atom. The molecule has 0 aromatic rings. The van der Waals surface area contributed by atoms with E-state index in [-0.39, 0.29) is 11.9 Å². The molecule has 0 heterocycles. The van der Waals surface area contributed by atoms with Crippen LogP contribution in [0.4, 0.5) is 4.79 Å². The molecule has 1 saturated carbocycles. The van der Waals surface area contributed by atoms with Gasteiger partial charge < -0.3 is 15.7 Å². The highest BCUT2D eigenvalue weighted by Crippen LogP contribution is 2.34. The third-order valence-corrected chi connectivity index (χ3v) is 3.42. The number of nitrogens with one attached hydrogen (secondary N) is 2. The van der Waals surface area contributed by atoms with Gasteiger partial charge >= 0.3 is 12.0 Å². The van der Waals surface area contributed by atoms with Gasteiger partial charge in [-0.15, -0.1) is 0 Å². The second-order valence-electron chi connectivity index (χ2n) is 5.17. The van der Waals surface area contributed by atoms with Crippen LogP contribution >= 0.6 is 0 Å². The third-order valence-electron chi connectivity index (χ3n) is 3.42. The number of hydrogen-bond acceptors (Lipinski definition) is 2. The highest BCUT2D eigenvalue weighted by atomic mass is 16.4. The average Bonchev–Trinajstić information content (AvgIpc) is 3.02. The molecule has 3 atom stereocenters. The van der Waals surface area contributed by atoms with Crippen molar-refractivity contribution in [1.82, 2.24) is 10.6 Å². The van der Waals surface area contributed by atoms with Crippen molar-refractivity contribution in [2.75, 3.05) is 6.54 Å². The van der Waals surface area contributed by atoms with E-state index in [1.54, 1.807) is 6.92 Å². The first-order chi connectivity index (χ1) is 8.54. The van der Waals surface area contributed by atoms with Crippen LogP contribution in [0.5, 0.6) is 0 Å². The van der Waals surface area contributed by atoms with Crippen LogP contribution in [0.25, 0.3) is 0 Å². The van der Waals surface area contributed by atoms with Gasteiger partial charge in [-0.2, -0.15) is 0 Å². The van der Waals surface area contributed by atoms with E-state index in [4.69, 9.17) is 5.11 Å². The van der Waals surface area contributed by atoms with E-state index in [9.17, 15) is 9.59 Å².